The highest BCUT2D eigenvalue weighted by atomic mass is 32.2. The zero-order chi connectivity index (χ0) is 15.7. The van der Waals surface area contributed by atoms with Crippen molar-refractivity contribution < 1.29 is 23.1 Å². The van der Waals surface area contributed by atoms with Crippen LogP contribution in [0.15, 0.2) is 47.4 Å². The number of carboxylic acids is 1. The van der Waals surface area contributed by atoms with E-state index in [2.05, 4.69) is 4.72 Å². The number of hydrogen-bond donors (Lipinski definition) is 2. The van der Waals surface area contributed by atoms with Crippen molar-refractivity contribution in [2.75, 3.05) is 11.3 Å². The number of benzene rings is 2. The Morgan fingerprint density at radius 3 is 2.77 bits per heavy atom. The number of ether oxygens (including phenoxy) is 1. The normalized spacial score (nSPS) is 13.3. The van der Waals surface area contributed by atoms with Crippen LogP contribution >= 0.6 is 0 Å². The molecule has 0 spiro atoms. The van der Waals surface area contributed by atoms with Gasteiger partial charge in [0.1, 0.15) is 5.75 Å². The summed E-state index contributed by atoms with van der Waals surface area (Å²) in [6.45, 7) is 0.589. The number of aromatic carboxylic acids is 1. The molecule has 0 amide bonds. The molecule has 6 nitrogen and oxygen atoms in total. The summed E-state index contributed by atoms with van der Waals surface area (Å²) in [6, 6.07) is 10.3. The van der Waals surface area contributed by atoms with Gasteiger partial charge < -0.3 is 9.84 Å². The SMILES string of the molecule is O=C(O)c1cccc(S(=O)(=O)Nc2ccc3c(c2)CCO3)c1. The quantitative estimate of drug-likeness (QED) is 0.900. The van der Waals surface area contributed by atoms with Gasteiger partial charge in [-0.05, 0) is 42.0 Å². The standard InChI is InChI=1S/C15H13NO5S/c17-15(18)11-2-1-3-13(9-11)22(19,20)16-12-4-5-14-10(8-12)6-7-21-14/h1-5,8-9,16H,6-7H2,(H,17,18). The van der Waals surface area contributed by atoms with Crippen molar-refractivity contribution in [3.63, 3.8) is 0 Å². The predicted molar refractivity (Wildman–Crippen MR) is 79.9 cm³/mol. The summed E-state index contributed by atoms with van der Waals surface area (Å²) in [5.41, 5.74) is 1.29. The van der Waals surface area contributed by atoms with Crippen molar-refractivity contribution in [1.82, 2.24) is 0 Å². The Morgan fingerprint density at radius 1 is 1.18 bits per heavy atom. The van der Waals surface area contributed by atoms with Crippen LogP contribution in [0.25, 0.3) is 0 Å². The first-order valence-corrected chi connectivity index (χ1v) is 8.06. The fourth-order valence-electron chi connectivity index (χ4n) is 2.26. The van der Waals surface area contributed by atoms with Crippen molar-refractivity contribution in [3.05, 3.63) is 53.6 Å². The third-order valence-electron chi connectivity index (χ3n) is 3.33. The van der Waals surface area contributed by atoms with Gasteiger partial charge in [-0.15, -0.1) is 0 Å². The van der Waals surface area contributed by atoms with Crippen LogP contribution in [0.1, 0.15) is 15.9 Å². The Balaban J connectivity index is 1.90. The average molecular weight is 319 g/mol. The van der Waals surface area contributed by atoms with Gasteiger partial charge in [-0.2, -0.15) is 0 Å². The van der Waals surface area contributed by atoms with Crippen LogP contribution in [0.2, 0.25) is 0 Å². The molecule has 1 aliphatic rings. The van der Waals surface area contributed by atoms with Crippen LogP contribution in [0.5, 0.6) is 5.75 Å². The molecule has 0 aliphatic carbocycles. The minimum absolute atomic E-state index is 0.0785. The molecule has 0 radical (unpaired) electrons. The highest BCUT2D eigenvalue weighted by molar-refractivity contribution is 7.92. The molecule has 3 rings (SSSR count). The molecule has 2 aromatic carbocycles. The first-order valence-electron chi connectivity index (χ1n) is 6.58. The Morgan fingerprint density at radius 2 is 2.00 bits per heavy atom. The third kappa shape index (κ3) is 2.75. The van der Waals surface area contributed by atoms with E-state index in [4.69, 9.17) is 9.84 Å². The number of anilines is 1. The molecule has 0 unspecified atom stereocenters. The predicted octanol–water partition coefficient (Wildman–Crippen LogP) is 2.12. The second-order valence-electron chi connectivity index (χ2n) is 4.86. The first-order chi connectivity index (χ1) is 10.5. The topological polar surface area (TPSA) is 92.7 Å². The Labute approximate surface area is 127 Å². The molecule has 2 aromatic rings. The zero-order valence-electron chi connectivity index (χ0n) is 11.4. The fourth-order valence-corrected chi connectivity index (χ4v) is 3.36. The van der Waals surface area contributed by atoms with Gasteiger partial charge in [-0.3, -0.25) is 4.72 Å². The molecular weight excluding hydrogens is 306 g/mol. The number of sulfonamides is 1. The van der Waals surface area contributed by atoms with Gasteiger partial charge in [-0.25, -0.2) is 13.2 Å². The second-order valence-corrected chi connectivity index (χ2v) is 6.54. The van der Waals surface area contributed by atoms with Crippen molar-refractivity contribution in [2.24, 2.45) is 0 Å². The Kier molecular flexibility index (Phi) is 3.50. The second kappa shape index (κ2) is 5.34. The lowest BCUT2D eigenvalue weighted by atomic mass is 10.1. The summed E-state index contributed by atoms with van der Waals surface area (Å²) in [5, 5.41) is 8.94. The van der Waals surface area contributed by atoms with Gasteiger partial charge in [0.25, 0.3) is 10.0 Å². The molecule has 7 heteroatoms. The molecule has 0 atom stereocenters. The molecule has 1 aliphatic heterocycles. The minimum atomic E-state index is -3.84. The molecule has 114 valence electrons. The van der Waals surface area contributed by atoms with E-state index in [1.807, 2.05) is 0 Å². The van der Waals surface area contributed by atoms with Crippen LogP contribution in [-0.4, -0.2) is 26.1 Å². The summed E-state index contributed by atoms with van der Waals surface area (Å²) in [4.78, 5) is 10.8. The zero-order valence-corrected chi connectivity index (χ0v) is 12.3. The summed E-state index contributed by atoms with van der Waals surface area (Å²) in [5.74, 6) is -0.414. The van der Waals surface area contributed by atoms with E-state index < -0.39 is 16.0 Å². The summed E-state index contributed by atoms with van der Waals surface area (Å²) >= 11 is 0. The number of rotatable bonds is 4. The van der Waals surface area contributed by atoms with Crippen LogP contribution in [0.3, 0.4) is 0 Å². The summed E-state index contributed by atoms with van der Waals surface area (Å²) < 4.78 is 32.5. The number of hydrogen-bond acceptors (Lipinski definition) is 4. The largest absolute Gasteiger partial charge is 0.493 e. The summed E-state index contributed by atoms with van der Waals surface area (Å²) in [7, 11) is -3.84. The Bertz CT molecular complexity index is 845. The van der Waals surface area contributed by atoms with Gasteiger partial charge in [0.15, 0.2) is 0 Å². The van der Waals surface area contributed by atoms with Gasteiger partial charge in [0.05, 0.1) is 17.1 Å². The molecule has 0 saturated heterocycles. The lowest BCUT2D eigenvalue weighted by Gasteiger charge is -2.09. The number of carbonyl (C=O) groups is 1. The van der Waals surface area contributed by atoms with Crippen molar-refractivity contribution in [3.8, 4) is 5.75 Å². The van der Waals surface area contributed by atoms with E-state index in [0.29, 0.717) is 12.3 Å². The molecule has 0 aromatic heterocycles. The highest BCUT2D eigenvalue weighted by Gasteiger charge is 2.18. The maximum Gasteiger partial charge on any atom is 0.335 e. The van der Waals surface area contributed by atoms with Gasteiger partial charge in [0, 0.05) is 12.1 Å². The minimum Gasteiger partial charge on any atom is -0.493 e. The van der Waals surface area contributed by atoms with Crippen molar-refractivity contribution in [2.45, 2.75) is 11.3 Å². The van der Waals surface area contributed by atoms with Crippen LogP contribution in [0.4, 0.5) is 5.69 Å². The van der Waals surface area contributed by atoms with E-state index in [0.717, 1.165) is 23.8 Å². The molecule has 0 saturated carbocycles. The van der Waals surface area contributed by atoms with Crippen LogP contribution < -0.4 is 9.46 Å². The van der Waals surface area contributed by atoms with E-state index in [1.165, 1.54) is 18.2 Å². The van der Waals surface area contributed by atoms with Crippen molar-refractivity contribution >= 4 is 21.7 Å². The van der Waals surface area contributed by atoms with Gasteiger partial charge in [0.2, 0.25) is 0 Å². The number of fused-ring (bicyclic) bond motifs is 1. The maximum atomic E-state index is 12.3. The van der Waals surface area contributed by atoms with Crippen LogP contribution in [0, 0.1) is 0 Å². The Hall–Kier alpha value is -2.54. The number of nitrogens with one attached hydrogen (secondary N) is 1. The van der Waals surface area contributed by atoms with E-state index in [-0.39, 0.29) is 10.5 Å². The molecule has 2 N–H and O–H groups in total. The van der Waals surface area contributed by atoms with E-state index in [9.17, 15) is 13.2 Å². The maximum absolute atomic E-state index is 12.3. The van der Waals surface area contributed by atoms with Crippen molar-refractivity contribution in [1.29, 1.82) is 0 Å². The molecule has 1 heterocycles. The van der Waals surface area contributed by atoms with Gasteiger partial charge >= 0.3 is 5.97 Å². The smallest absolute Gasteiger partial charge is 0.335 e. The molecule has 0 bridgehead atoms. The average Bonchev–Trinajstić information content (AvgIpc) is 2.94. The third-order valence-corrected chi connectivity index (χ3v) is 4.71. The first kappa shape index (κ1) is 14.4. The monoisotopic (exact) mass is 319 g/mol. The lowest BCUT2D eigenvalue weighted by Crippen LogP contribution is -2.13. The van der Waals surface area contributed by atoms with Crippen LogP contribution in [-0.2, 0) is 16.4 Å². The molecule has 22 heavy (non-hydrogen) atoms. The summed E-state index contributed by atoms with van der Waals surface area (Å²) in [6.07, 6.45) is 0.736. The van der Waals surface area contributed by atoms with E-state index in [1.54, 1.807) is 18.2 Å². The molecular formula is C15H13NO5S. The number of carboxylic acid groups (broad SMARTS) is 1. The highest BCUT2D eigenvalue weighted by Crippen LogP contribution is 2.29. The molecule has 0 fully saturated rings. The fraction of sp³-hybridized carbons (Fsp3) is 0.133. The lowest BCUT2D eigenvalue weighted by molar-refractivity contribution is 0.0696. The van der Waals surface area contributed by atoms with Gasteiger partial charge in [-0.1, -0.05) is 6.07 Å². The van der Waals surface area contributed by atoms with E-state index >= 15 is 0 Å².